The normalized spacial score (nSPS) is 17.2. The molecular formula is C32H36O9. The van der Waals surface area contributed by atoms with Crippen molar-refractivity contribution in [3.63, 3.8) is 0 Å². The van der Waals surface area contributed by atoms with Gasteiger partial charge in [-0.1, -0.05) is 48.5 Å². The maximum absolute atomic E-state index is 11.6. The number of hydrogen-bond acceptors (Lipinski definition) is 9. The van der Waals surface area contributed by atoms with Gasteiger partial charge in [0.1, 0.15) is 13.2 Å². The van der Waals surface area contributed by atoms with E-state index in [1.165, 1.54) is 0 Å². The van der Waals surface area contributed by atoms with E-state index in [9.17, 15) is 10.2 Å². The van der Waals surface area contributed by atoms with E-state index in [2.05, 4.69) is 0 Å². The average Bonchev–Trinajstić information content (AvgIpc) is 2.99. The van der Waals surface area contributed by atoms with Crippen LogP contribution >= 0.6 is 0 Å². The predicted octanol–water partition coefficient (Wildman–Crippen LogP) is 4.93. The van der Waals surface area contributed by atoms with Crippen molar-refractivity contribution < 1.29 is 43.4 Å². The van der Waals surface area contributed by atoms with E-state index in [4.69, 9.17) is 33.2 Å². The highest BCUT2D eigenvalue weighted by Gasteiger charge is 2.23. The number of fused-ring (bicyclic) bond motifs is 9. The summed E-state index contributed by atoms with van der Waals surface area (Å²) >= 11 is 0. The average molecular weight is 565 g/mol. The van der Waals surface area contributed by atoms with Crippen LogP contribution in [-0.4, -0.2) is 89.5 Å². The van der Waals surface area contributed by atoms with Gasteiger partial charge in [-0.3, -0.25) is 0 Å². The van der Waals surface area contributed by atoms with Crippen molar-refractivity contribution in [2.24, 2.45) is 0 Å². The van der Waals surface area contributed by atoms with Gasteiger partial charge >= 0.3 is 0 Å². The summed E-state index contributed by atoms with van der Waals surface area (Å²) in [5, 5.41) is 26.4. The Morgan fingerprint density at radius 1 is 0.415 bits per heavy atom. The molecule has 5 rings (SSSR count). The number of phenolic OH excluding ortho intramolecular Hbond substituents is 2. The van der Waals surface area contributed by atoms with Crippen LogP contribution in [0.5, 0.6) is 23.0 Å². The summed E-state index contributed by atoms with van der Waals surface area (Å²) in [5.74, 6) is 0.454. The van der Waals surface area contributed by atoms with Crippen molar-refractivity contribution in [2.75, 3.05) is 79.3 Å². The van der Waals surface area contributed by atoms with E-state index in [1.807, 2.05) is 48.5 Å². The van der Waals surface area contributed by atoms with Crippen molar-refractivity contribution in [2.45, 2.75) is 0 Å². The minimum Gasteiger partial charge on any atom is -0.504 e. The summed E-state index contributed by atoms with van der Waals surface area (Å²) in [6, 6.07) is 18.9. The largest absolute Gasteiger partial charge is 0.504 e. The molecule has 0 unspecified atom stereocenters. The molecule has 0 amide bonds. The quantitative estimate of drug-likeness (QED) is 0.308. The van der Waals surface area contributed by atoms with Crippen LogP contribution in [0.4, 0.5) is 0 Å². The third-order valence-electron chi connectivity index (χ3n) is 6.68. The zero-order valence-corrected chi connectivity index (χ0v) is 23.0. The smallest absolute Gasteiger partial charge is 0.166 e. The highest BCUT2D eigenvalue weighted by atomic mass is 16.6. The van der Waals surface area contributed by atoms with Gasteiger partial charge < -0.3 is 43.4 Å². The fourth-order valence-electron chi connectivity index (χ4n) is 4.75. The first-order chi connectivity index (χ1) is 20.2. The van der Waals surface area contributed by atoms with Crippen molar-refractivity contribution in [3.05, 3.63) is 60.7 Å². The highest BCUT2D eigenvalue weighted by molar-refractivity contribution is 6.11. The van der Waals surface area contributed by atoms with Gasteiger partial charge in [-0.25, -0.2) is 0 Å². The molecule has 0 spiro atoms. The van der Waals surface area contributed by atoms with E-state index in [1.54, 1.807) is 12.1 Å². The summed E-state index contributed by atoms with van der Waals surface area (Å²) in [6.07, 6.45) is 0. The molecule has 4 aromatic rings. The van der Waals surface area contributed by atoms with Crippen LogP contribution in [0.1, 0.15) is 0 Å². The van der Waals surface area contributed by atoms with Gasteiger partial charge in [0.2, 0.25) is 0 Å². The zero-order valence-electron chi connectivity index (χ0n) is 23.0. The summed E-state index contributed by atoms with van der Waals surface area (Å²) < 4.78 is 39.8. The molecule has 4 aromatic carbocycles. The first-order valence-electron chi connectivity index (χ1n) is 13.9. The molecule has 9 heteroatoms. The molecule has 9 nitrogen and oxygen atoms in total. The summed E-state index contributed by atoms with van der Waals surface area (Å²) in [4.78, 5) is 0. The highest BCUT2D eigenvalue weighted by Crippen LogP contribution is 2.51. The van der Waals surface area contributed by atoms with E-state index < -0.39 is 0 Å². The summed E-state index contributed by atoms with van der Waals surface area (Å²) in [6.45, 7) is 4.69. The molecule has 0 aliphatic carbocycles. The lowest BCUT2D eigenvalue weighted by molar-refractivity contribution is -0.0142. The Labute approximate surface area is 239 Å². The standard InChI is InChI=1S/C32H36O9/c33-31-27-21-23-5-1-3-7-25(23)29(31)30-26-8-4-2-6-24(26)22-28(32(30)34)41-20-18-39-16-14-37-12-10-35-9-11-36-13-15-38-17-19-40-27/h1-8,21-22,33-34H,9-20H2. The Morgan fingerprint density at radius 2 is 0.732 bits per heavy atom. The Balaban J connectivity index is 1.48. The van der Waals surface area contributed by atoms with Crippen LogP contribution in [0.25, 0.3) is 32.7 Å². The van der Waals surface area contributed by atoms with Gasteiger partial charge in [0.25, 0.3) is 0 Å². The summed E-state index contributed by atoms with van der Waals surface area (Å²) in [7, 11) is 0. The van der Waals surface area contributed by atoms with Crippen LogP contribution in [0.3, 0.4) is 0 Å². The van der Waals surface area contributed by atoms with Crippen LogP contribution in [0.2, 0.25) is 0 Å². The minimum absolute atomic E-state index is 0.0708. The Kier molecular flexibility index (Phi) is 10.5. The van der Waals surface area contributed by atoms with Crippen molar-refractivity contribution in [3.8, 4) is 34.1 Å². The molecule has 218 valence electrons. The molecule has 0 saturated heterocycles. The van der Waals surface area contributed by atoms with Crippen LogP contribution in [0.15, 0.2) is 60.7 Å². The summed E-state index contributed by atoms with van der Waals surface area (Å²) in [5.41, 5.74) is 0.931. The molecule has 4 bridgehead atoms. The maximum atomic E-state index is 11.6. The van der Waals surface area contributed by atoms with E-state index in [0.29, 0.717) is 88.7 Å². The Bertz CT molecular complexity index is 1310. The molecule has 41 heavy (non-hydrogen) atoms. The van der Waals surface area contributed by atoms with E-state index >= 15 is 0 Å². The lowest BCUT2D eigenvalue weighted by Crippen LogP contribution is -2.15. The fraction of sp³-hybridized carbons (Fsp3) is 0.375. The lowest BCUT2D eigenvalue weighted by Gasteiger charge is -2.19. The molecule has 0 aromatic heterocycles. The van der Waals surface area contributed by atoms with Gasteiger partial charge in [-0.05, 0) is 33.7 Å². The van der Waals surface area contributed by atoms with Gasteiger partial charge in [-0.2, -0.15) is 0 Å². The molecule has 1 heterocycles. The molecule has 1 aliphatic heterocycles. The number of ether oxygens (including phenoxy) is 7. The number of aromatic hydroxyl groups is 2. The van der Waals surface area contributed by atoms with E-state index in [-0.39, 0.29) is 24.7 Å². The third-order valence-corrected chi connectivity index (χ3v) is 6.68. The topological polar surface area (TPSA) is 105 Å². The number of hydrogen-bond donors (Lipinski definition) is 2. The maximum Gasteiger partial charge on any atom is 0.166 e. The first-order valence-corrected chi connectivity index (χ1v) is 13.9. The second-order valence-corrected chi connectivity index (χ2v) is 9.40. The Hall–Kier alpha value is -3.60. The second kappa shape index (κ2) is 14.9. The van der Waals surface area contributed by atoms with Crippen LogP contribution < -0.4 is 9.47 Å². The number of phenols is 2. The molecule has 0 saturated carbocycles. The third kappa shape index (κ3) is 7.38. The van der Waals surface area contributed by atoms with Gasteiger partial charge in [0.15, 0.2) is 23.0 Å². The molecule has 0 fully saturated rings. The second-order valence-electron chi connectivity index (χ2n) is 9.40. The van der Waals surface area contributed by atoms with Crippen molar-refractivity contribution in [1.29, 1.82) is 0 Å². The number of rotatable bonds is 0. The van der Waals surface area contributed by atoms with Crippen LogP contribution in [-0.2, 0) is 23.7 Å². The Morgan fingerprint density at radius 3 is 1.10 bits per heavy atom. The molecule has 0 atom stereocenters. The van der Waals surface area contributed by atoms with Gasteiger partial charge in [0.05, 0.1) is 66.1 Å². The monoisotopic (exact) mass is 564 g/mol. The fourth-order valence-corrected chi connectivity index (χ4v) is 4.75. The molecular weight excluding hydrogens is 528 g/mol. The minimum atomic E-state index is -0.0708. The SMILES string of the molecule is Oc1c2cc3ccccc3c1-c1c(O)c(cc3ccccc13)OCCOCCOCCOCCOCCOCCO2. The molecule has 2 N–H and O–H groups in total. The zero-order chi connectivity index (χ0) is 28.3. The first kappa shape index (κ1) is 28.9. The van der Waals surface area contributed by atoms with E-state index in [0.717, 1.165) is 21.5 Å². The predicted molar refractivity (Wildman–Crippen MR) is 155 cm³/mol. The van der Waals surface area contributed by atoms with Crippen LogP contribution in [0, 0.1) is 0 Å². The van der Waals surface area contributed by atoms with Gasteiger partial charge in [-0.15, -0.1) is 0 Å². The lowest BCUT2D eigenvalue weighted by atomic mass is 9.91. The molecule has 0 radical (unpaired) electrons. The van der Waals surface area contributed by atoms with Crippen molar-refractivity contribution in [1.82, 2.24) is 0 Å². The molecule has 1 aliphatic rings. The number of benzene rings is 4. The van der Waals surface area contributed by atoms with Gasteiger partial charge in [0, 0.05) is 11.1 Å². The van der Waals surface area contributed by atoms with Crippen molar-refractivity contribution >= 4 is 21.5 Å².